The molecule has 0 heterocycles. The Morgan fingerprint density at radius 2 is 0.627 bits per heavy atom. The standard InChI is InChI=1S/C73H120NO8P/c1-3-5-7-9-11-13-15-17-19-21-23-25-27-29-30-31-32-33-34-35-36-37-38-39-40-42-44-46-48-50-52-54-56-58-60-62-64-66-73(76)82-71(70-81-83(77,78)80-68-67-74)69-79-72(75)65-63-61-59-57-55-53-51-49-47-45-43-41-28-26-24-22-20-18-16-14-12-10-8-6-4-2/h5-8,11-14,17-20,23-26,29-30,32-33,35-36,41,43,47,49,71H,3-4,9-10,15-16,21-22,27-28,31,34,37-40,42,44-46,48,50-70,74H2,1-2H3,(H,77,78)/b7-5-,8-6-,13-11-,14-12-,19-17-,20-18-,25-23-,26-24-,30-29-,33-32-,36-35-,43-41-,49-47-. The van der Waals surface area contributed by atoms with Crippen molar-refractivity contribution in [2.75, 3.05) is 26.4 Å². The van der Waals surface area contributed by atoms with Crippen molar-refractivity contribution in [1.29, 1.82) is 0 Å². The number of ether oxygens (including phenoxy) is 2. The monoisotopic (exact) mass is 1170 g/mol. The van der Waals surface area contributed by atoms with Crippen LogP contribution in [0.4, 0.5) is 0 Å². The van der Waals surface area contributed by atoms with Crippen molar-refractivity contribution in [1.82, 2.24) is 0 Å². The highest BCUT2D eigenvalue weighted by molar-refractivity contribution is 7.47. The number of rotatable bonds is 60. The van der Waals surface area contributed by atoms with Crippen LogP contribution in [-0.4, -0.2) is 49.3 Å². The van der Waals surface area contributed by atoms with Crippen molar-refractivity contribution in [3.05, 3.63) is 158 Å². The van der Waals surface area contributed by atoms with Crippen LogP contribution in [0.15, 0.2) is 158 Å². The molecule has 0 spiro atoms. The normalized spacial score (nSPS) is 14.0. The smallest absolute Gasteiger partial charge is 0.462 e. The summed E-state index contributed by atoms with van der Waals surface area (Å²) in [6.07, 6.45) is 97.4. The molecule has 0 saturated carbocycles. The first-order valence-electron chi connectivity index (χ1n) is 33.0. The van der Waals surface area contributed by atoms with E-state index < -0.39 is 32.5 Å². The molecule has 0 radical (unpaired) electrons. The number of carbonyl (C=O) groups is 2. The van der Waals surface area contributed by atoms with E-state index >= 15 is 0 Å². The van der Waals surface area contributed by atoms with E-state index in [9.17, 15) is 19.0 Å². The van der Waals surface area contributed by atoms with E-state index in [1.54, 1.807) is 0 Å². The van der Waals surface area contributed by atoms with Crippen LogP contribution in [0.3, 0.4) is 0 Å². The lowest BCUT2D eigenvalue weighted by Gasteiger charge is -2.19. The molecule has 0 aliphatic carbocycles. The highest BCUT2D eigenvalue weighted by Crippen LogP contribution is 2.43. The number of esters is 2. The molecule has 0 fully saturated rings. The molecule has 3 N–H and O–H groups in total. The summed E-state index contributed by atoms with van der Waals surface area (Å²) in [5.74, 6) is -0.851. The molecule has 0 aromatic rings. The van der Waals surface area contributed by atoms with Crippen LogP contribution in [0.2, 0.25) is 0 Å². The molecule has 9 nitrogen and oxygen atoms in total. The number of hydrogen-bond acceptors (Lipinski definition) is 8. The van der Waals surface area contributed by atoms with Crippen molar-refractivity contribution < 1.29 is 37.6 Å². The van der Waals surface area contributed by atoms with E-state index in [4.69, 9.17) is 24.3 Å². The average Bonchev–Trinajstić information content (AvgIpc) is 3.49. The second kappa shape index (κ2) is 66.8. The molecular formula is C73H120NO8P. The number of unbranched alkanes of at least 4 members (excludes halogenated alkanes) is 21. The van der Waals surface area contributed by atoms with Crippen molar-refractivity contribution in [2.45, 2.75) is 264 Å². The molecule has 470 valence electrons. The minimum absolute atomic E-state index is 0.0439. The lowest BCUT2D eigenvalue weighted by molar-refractivity contribution is -0.161. The molecule has 0 saturated heterocycles. The van der Waals surface area contributed by atoms with Gasteiger partial charge >= 0.3 is 19.8 Å². The van der Waals surface area contributed by atoms with Gasteiger partial charge in [0.15, 0.2) is 6.10 Å². The Morgan fingerprint density at radius 1 is 0.361 bits per heavy atom. The van der Waals surface area contributed by atoms with Gasteiger partial charge in [0.05, 0.1) is 13.2 Å². The first kappa shape index (κ1) is 78.6. The molecule has 2 unspecified atom stereocenters. The van der Waals surface area contributed by atoms with Gasteiger partial charge in [-0.1, -0.05) is 281 Å². The lowest BCUT2D eigenvalue weighted by Crippen LogP contribution is -2.29. The fraction of sp³-hybridized carbons (Fsp3) is 0.616. The third kappa shape index (κ3) is 66.6. The summed E-state index contributed by atoms with van der Waals surface area (Å²) < 4.78 is 33.1. The molecule has 0 bridgehead atoms. The average molecular weight is 1170 g/mol. The van der Waals surface area contributed by atoms with Crippen molar-refractivity contribution in [3.8, 4) is 0 Å². The molecule has 0 aromatic carbocycles. The Hall–Kier alpha value is -4.37. The zero-order valence-corrected chi connectivity index (χ0v) is 53.5. The highest BCUT2D eigenvalue weighted by Gasteiger charge is 2.26. The number of phosphoric ester groups is 1. The first-order valence-corrected chi connectivity index (χ1v) is 34.5. The van der Waals surface area contributed by atoms with Gasteiger partial charge in [-0.05, 0) is 122 Å². The van der Waals surface area contributed by atoms with Crippen LogP contribution in [0.1, 0.15) is 258 Å². The van der Waals surface area contributed by atoms with Gasteiger partial charge in [0.2, 0.25) is 0 Å². The zero-order valence-electron chi connectivity index (χ0n) is 52.6. The second-order valence-corrected chi connectivity index (χ2v) is 22.7. The predicted octanol–water partition coefficient (Wildman–Crippen LogP) is 21.6. The topological polar surface area (TPSA) is 134 Å². The number of hydrogen-bond donors (Lipinski definition) is 2. The van der Waals surface area contributed by atoms with E-state index in [0.717, 1.165) is 141 Å². The predicted molar refractivity (Wildman–Crippen MR) is 357 cm³/mol. The van der Waals surface area contributed by atoms with Gasteiger partial charge in [0.1, 0.15) is 6.61 Å². The Kier molecular flexibility index (Phi) is 63.3. The summed E-state index contributed by atoms with van der Waals surface area (Å²) in [6, 6.07) is 0. The zero-order chi connectivity index (χ0) is 60.1. The van der Waals surface area contributed by atoms with Crippen LogP contribution >= 0.6 is 7.82 Å². The van der Waals surface area contributed by atoms with E-state index in [0.29, 0.717) is 12.8 Å². The molecular weight excluding hydrogens is 1050 g/mol. The van der Waals surface area contributed by atoms with Gasteiger partial charge in [-0.15, -0.1) is 0 Å². The number of phosphoric acid groups is 1. The summed E-state index contributed by atoms with van der Waals surface area (Å²) in [5, 5.41) is 0. The van der Waals surface area contributed by atoms with Crippen LogP contribution in [-0.2, 0) is 32.7 Å². The van der Waals surface area contributed by atoms with Gasteiger partial charge in [0.25, 0.3) is 0 Å². The second-order valence-electron chi connectivity index (χ2n) is 21.2. The maximum absolute atomic E-state index is 12.8. The molecule has 0 rings (SSSR count). The Morgan fingerprint density at radius 3 is 0.928 bits per heavy atom. The molecule has 0 aromatic heterocycles. The molecule has 0 aliphatic heterocycles. The number of carbonyl (C=O) groups excluding carboxylic acids is 2. The molecule has 2 atom stereocenters. The Balaban J connectivity index is 3.96. The SMILES string of the molecule is CC/C=C\C/C=C\C/C=C\C/C=C\C/C=C\C/C=C\C/C=C\CCCCCCCCCCCCCCCCCC(=O)OC(COC(=O)CCCCCCCC/C=C\C/C=C\C/C=C\C/C=C\C/C=C\C/C=C\CC)COP(=O)(O)OCCN. The number of nitrogens with two attached hydrogens (primary N) is 1. The highest BCUT2D eigenvalue weighted by atomic mass is 31.2. The maximum atomic E-state index is 12.8. The van der Waals surface area contributed by atoms with Crippen molar-refractivity contribution >= 4 is 19.8 Å². The third-order valence-corrected chi connectivity index (χ3v) is 14.4. The van der Waals surface area contributed by atoms with Crippen LogP contribution < -0.4 is 5.73 Å². The Bertz CT molecular complexity index is 1920. The summed E-state index contributed by atoms with van der Waals surface area (Å²) in [5.41, 5.74) is 5.39. The fourth-order valence-corrected chi connectivity index (χ4v) is 9.39. The van der Waals surface area contributed by atoms with Gasteiger partial charge in [-0.2, -0.15) is 0 Å². The minimum atomic E-state index is -4.41. The summed E-state index contributed by atoms with van der Waals surface area (Å²) in [7, 11) is -4.41. The van der Waals surface area contributed by atoms with Crippen molar-refractivity contribution in [2.24, 2.45) is 5.73 Å². The largest absolute Gasteiger partial charge is 0.472 e. The summed E-state index contributed by atoms with van der Waals surface area (Å²) in [4.78, 5) is 35.3. The van der Waals surface area contributed by atoms with Gasteiger partial charge in [-0.3, -0.25) is 18.6 Å². The molecule has 83 heavy (non-hydrogen) atoms. The van der Waals surface area contributed by atoms with Gasteiger partial charge in [-0.25, -0.2) is 4.57 Å². The first-order chi connectivity index (χ1) is 40.8. The van der Waals surface area contributed by atoms with Gasteiger partial charge < -0.3 is 20.1 Å². The summed E-state index contributed by atoms with van der Waals surface area (Å²) in [6.45, 7) is 3.49. The third-order valence-electron chi connectivity index (χ3n) is 13.4. The van der Waals surface area contributed by atoms with E-state index in [2.05, 4.69) is 172 Å². The van der Waals surface area contributed by atoms with Crippen LogP contribution in [0, 0.1) is 0 Å². The van der Waals surface area contributed by atoms with E-state index in [1.165, 1.54) is 77.0 Å². The molecule has 0 amide bonds. The van der Waals surface area contributed by atoms with Crippen LogP contribution in [0.25, 0.3) is 0 Å². The quantitative estimate of drug-likeness (QED) is 0.0264. The molecule has 10 heteroatoms. The van der Waals surface area contributed by atoms with Gasteiger partial charge in [0, 0.05) is 19.4 Å². The minimum Gasteiger partial charge on any atom is -0.462 e. The van der Waals surface area contributed by atoms with E-state index in [1.807, 2.05) is 0 Å². The van der Waals surface area contributed by atoms with Crippen LogP contribution in [0.5, 0.6) is 0 Å². The van der Waals surface area contributed by atoms with E-state index in [-0.39, 0.29) is 32.6 Å². The number of allylic oxidation sites excluding steroid dienone is 26. The summed E-state index contributed by atoms with van der Waals surface area (Å²) >= 11 is 0. The maximum Gasteiger partial charge on any atom is 0.472 e. The molecule has 0 aliphatic rings. The van der Waals surface area contributed by atoms with Crippen molar-refractivity contribution in [3.63, 3.8) is 0 Å². The fourth-order valence-electron chi connectivity index (χ4n) is 8.62. The Labute approximate surface area is 509 Å². The lowest BCUT2D eigenvalue weighted by atomic mass is 10.0.